The maximum atomic E-state index is 13.0. The summed E-state index contributed by atoms with van der Waals surface area (Å²) < 4.78 is 17.9. The molecule has 1 aromatic carbocycles. The summed E-state index contributed by atoms with van der Waals surface area (Å²) in [7, 11) is 1.30. The lowest BCUT2D eigenvalue weighted by molar-refractivity contribution is -0.141. The van der Waals surface area contributed by atoms with Crippen LogP contribution in [0.4, 0.5) is 4.39 Å². The quantitative estimate of drug-likeness (QED) is 0.869. The second-order valence-corrected chi connectivity index (χ2v) is 4.65. The Balaban J connectivity index is 2.97. The normalized spacial score (nSPS) is 14.3. The molecule has 0 saturated carbocycles. The zero-order valence-corrected chi connectivity index (χ0v) is 10.7. The van der Waals surface area contributed by atoms with E-state index in [1.165, 1.54) is 13.2 Å². The molecule has 0 amide bonds. The van der Waals surface area contributed by atoms with E-state index in [1.807, 2.05) is 0 Å². The second-order valence-electron chi connectivity index (χ2n) is 3.80. The summed E-state index contributed by atoms with van der Waals surface area (Å²) in [6.07, 6.45) is 0.0432. The predicted molar refractivity (Wildman–Crippen MR) is 62.3 cm³/mol. The van der Waals surface area contributed by atoms with Crippen LogP contribution >= 0.6 is 15.9 Å². The molecule has 1 rings (SSSR count). The number of carbonyl (C=O) groups is 1. The minimum atomic E-state index is -0.872. The van der Waals surface area contributed by atoms with E-state index in [-0.39, 0.29) is 12.2 Å². The van der Waals surface area contributed by atoms with Crippen LogP contribution in [0.15, 0.2) is 22.7 Å². The van der Waals surface area contributed by atoms with E-state index in [0.29, 0.717) is 10.0 Å². The number of benzene rings is 1. The lowest BCUT2D eigenvalue weighted by Gasteiger charge is -2.24. The highest BCUT2D eigenvalue weighted by Crippen LogP contribution is 2.26. The SMILES string of the molecule is COC(=O)CC(C)(N)c1ccc(F)c(Br)c1. The number of carbonyl (C=O) groups excluding carboxylic acids is 1. The standard InChI is InChI=1S/C11H13BrFNO2/c1-11(14,6-10(15)16-2)7-3-4-9(13)8(12)5-7/h3-5H,6,14H2,1-2H3. The Morgan fingerprint density at radius 3 is 2.75 bits per heavy atom. The van der Waals surface area contributed by atoms with Gasteiger partial charge in [-0.05, 0) is 40.5 Å². The molecule has 1 aromatic rings. The smallest absolute Gasteiger partial charge is 0.307 e. The Hall–Kier alpha value is -0.940. The summed E-state index contributed by atoms with van der Waals surface area (Å²) in [5, 5.41) is 0. The molecule has 16 heavy (non-hydrogen) atoms. The lowest BCUT2D eigenvalue weighted by Crippen LogP contribution is -2.36. The summed E-state index contributed by atoms with van der Waals surface area (Å²) in [4.78, 5) is 11.2. The van der Waals surface area contributed by atoms with Crippen LogP contribution in [-0.4, -0.2) is 13.1 Å². The summed E-state index contributed by atoms with van der Waals surface area (Å²) in [6.45, 7) is 1.70. The van der Waals surface area contributed by atoms with Crippen molar-refractivity contribution < 1.29 is 13.9 Å². The van der Waals surface area contributed by atoms with Gasteiger partial charge in [-0.15, -0.1) is 0 Å². The highest BCUT2D eigenvalue weighted by Gasteiger charge is 2.26. The Labute approximate surface area is 102 Å². The van der Waals surface area contributed by atoms with Gasteiger partial charge in [0.1, 0.15) is 5.82 Å². The maximum Gasteiger partial charge on any atom is 0.307 e. The van der Waals surface area contributed by atoms with Gasteiger partial charge in [-0.2, -0.15) is 0 Å². The second kappa shape index (κ2) is 4.93. The van der Waals surface area contributed by atoms with Gasteiger partial charge in [-0.25, -0.2) is 4.39 Å². The molecule has 1 atom stereocenters. The Morgan fingerprint density at radius 2 is 2.25 bits per heavy atom. The summed E-state index contributed by atoms with van der Waals surface area (Å²) in [6, 6.07) is 4.43. The van der Waals surface area contributed by atoms with Crippen molar-refractivity contribution in [1.29, 1.82) is 0 Å². The van der Waals surface area contributed by atoms with Gasteiger partial charge in [-0.3, -0.25) is 4.79 Å². The van der Waals surface area contributed by atoms with Crippen LogP contribution in [0.2, 0.25) is 0 Å². The van der Waals surface area contributed by atoms with Crippen molar-refractivity contribution in [3.05, 3.63) is 34.1 Å². The predicted octanol–water partition coefficient (Wildman–Crippen LogP) is 2.33. The average molecular weight is 290 g/mol. The summed E-state index contributed by atoms with van der Waals surface area (Å²) in [5.74, 6) is -0.761. The molecular formula is C11H13BrFNO2. The van der Waals surface area contributed by atoms with Gasteiger partial charge in [0.25, 0.3) is 0 Å². The molecule has 1 unspecified atom stereocenters. The number of hydrogen-bond donors (Lipinski definition) is 1. The minimum Gasteiger partial charge on any atom is -0.469 e. The highest BCUT2D eigenvalue weighted by atomic mass is 79.9. The van der Waals surface area contributed by atoms with E-state index < -0.39 is 11.5 Å². The first-order chi connectivity index (χ1) is 7.36. The van der Waals surface area contributed by atoms with Crippen LogP contribution < -0.4 is 5.73 Å². The zero-order chi connectivity index (χ0) is 12.3. The fourth-order valence-corrected chi connectivity index (χ4v) is 1.70. The van der Waals surface area contributed by atoms with Crippen LogP contribution in [-0.2, 0) is 15.1 Å². The maximum absolute atomic E-state index is 13.0. The number of methoxy groups -OCH3 is 1. The number of esters is 1. The zero-order valence-electron chi connectivity index (χ0n) is 9.09. The molecule has 3 nitrogen and oxygen atoms in total. The van der Waals surface area contributed by atoms with Crippen LogP contribution in [0.1, 0.15) is 18.9 Å². The molecule has 88 valence electrons. The van der Waals surface area contributed by atoms with Crippen LogP contribution in [0.25, 0.3) is 0 Å². The van der Waals surface area contributed by atoms with Crippen molar-refractivity contribution in [2.75, 3.05) is 7.11 Å². The third-order valence-corrected chi connectivity index (χ3v) is 2.93. The fourth-order valence-electron chi connectivity index (χ4n) is 1.33. The van der Waals surface area contributed by atoms with Crippen molar-refractivity contribution >= 4 is 21.9 Å². The van der Waals surface area contributed by atoms with Gasteiger partial charge in [0.15, 0.2) is 0 Å². The number of hydrogen-bond acceptors (Lipinski definition) is 3. The van der Waals surface area contributed by atoms with Gasteiger partial charge in [0, 0.05) is 5.54 Å². The molecule has 0 aliphatic carbocycles. The molecule has 0 spiro atoms. The number of rotatable bonds is 3. The molecule has 0 heterocycles. The Morgan fingerprint density at radius 1 is 1.62 bits per heavy atom. The summed E-state index contributed by atoms with van der Waals surface area (Å²) >= 11 is 3.08. The van der Waals surface area contributed by atoms with Crippen molar-refractivity contribution in [3.63, 3.8) is 0 Å². The molecule has 0 radical (unpaired) electrons. The van der Waals surface area contributed by atoms with E-state index in [4.69, 9.17) is 5.73 Å². The van der Waals surface area contributed by atoms with E-state index >= 15 is 0 Å². The largest absolute Gasteiger partial charge is 0.469 e. The minimum absolute atomic E-state index is 0.0432. The third-order valence-electron chi connectivity index (χ3n) is 2.32. The van der Waals surface area contributed by atoms with Crippen LogP contribution in [0, 0.1) is 5.82 Å². The fraction of sp³-hybridized carbons (Fsp3) is 0.364. The first-order valence-corrected chi connectivity index (χ1v) is 5.47. The first-order valence-electron chi connectivity index (χ1n) is 4.68. The molecule has 0 fully saturated rings. The van der Waals surface area contributed by atoms with Gasteiger partial charge in [0.2, 0.25) is 0 Å². The van der Waals surface area contributed by atoms with Crippen LogP contribution in [0.3, 0.4) is 0 Å². The highest BCUT2D eigenvalue weighted by molar-refractivity contribution is 9.10. The molecule has 0 saturated heterocycles. The number of halogens is 2. The lowest BCUT2D eigenvalue weighted by atomic mass is 9.90. The monoisotopic (exact) mass is 289 g/mol. The molecule has 0 bridgehead atoms. The molecule has 2 N–H and O–H groups in total. The van der Waals surface area contributed by atoms with Crippen molar-refractivity contribution in [1.82, 2.24) is 0 Å². The van der Waals surface area contributed by atoms with Crippen LogP contribution in [0.5, 0.6) is 0 Å². The Kier molecular flexibility index (Phi) is 4.04. The third kappa shape index (κ3) is 3.02. The summed E-state index contributed by atoms with van der Waals surface area (Å²) in [5.41, 5.74) is 5.79. The van der Waals surface area contributed by atoms with E-state index in [2.05, 4.69) is 20.7 Å². The molecule has 0 aliphatic heterocycles. The topological polar surface area (TPSA) is 52.3 Å². The van der Waals surface area contributed by atoms with Gasteiger partial charge >= 0.3 is 5.97 Å². The van der Waals surface area contributed by atoms with Crippen molar-refractivity contribution in [3.8, 4) is 0 Å². The van der Waals surface area contributed by atoms with Gasteiger partial charge in [-0.1, -0.05) is 6.07 Å². The number of ether oxygens (including phenoxy) is 1. The van der Waals surface area contributed by atoms with Crippen molar-refractivity contribution in [2.24, 2.45) is 5.73 Å². The molecule has 0 aromatic heterocycles. The number of nitrogens with two attached hydrogens (primary N) is 1. The Bertz CT molecular complexity index is 407. The van der Waals surface area contributed by atoms with Crippen molar-refractivity contribution in [2.45, 2.75) is 18.9 Å². The molecular weight excluding hydrogens is 277 g/mol. The molecule has 5 heteroatoms. The van der Waals surface area contributed by atoms with Gasteiger partial charge in [0.05, 0.1) is 18.0 Å². The van der Waals surface area contributed by atoms with E-state index in [0.717, 1.165) is 0 Å². The van der Waals surface area contributed by atoms with E-state index in [1.54, 1.807) is 19.1 Å². The average Bonchev–Trinajstić information content (AvgIpc) is 2.21. The van der Waals surface area contributed by atoms with E-state index in [9.17, 15) is 9.18 Å². The first kappa shape index (κ1) is 13.1. The molecule has 0 aliphatic rings. The van der Waals surface area contributed by atoms with Gasteiger partial charge < -0.3 is 10.5 Å².